The summed E-state index contributed by atoms with van der Waals surface area (Å²) in [5, 5.41) is 3.11. The number of urea groups is 1. The second-order valence-corrected chi connectivity index (χ2v) is 8.54. The molecule has 0 radical (unpaired) electrons. The van der Waals surface area contributed by atoms with Crippen molar-refractivity contribution in [1.82, 2.24) is 9.80 Å². The lowest BCUT2D eigenvalue weighted by Crippen LogP contribution is -2.50. The molecule has 0 bridgehead atoms. The topological polar surface area (TPSA) is 35.6 Å². The number of hydrogen-bond acceptors (Lipinski definition) is 2. The Morgan fingerprint density at radius 1 is 1.23 bits per heavy atom. The van der Waals surface area contributed by atoms with Crippen LogP contribution in [0.5, 0.6) is 0 Å². The van der Waals surface area contributed by atoms with Gasteiger partial charge in [-0.1, -0.05) is 55.3 Å². The van der Waals surface area contributed by atoms with E-state index < -0.39 is 5.82 Å². The van der Waals surface area contributed by atoms with Gasteiger partial charge in [-0.05, 0) is 49.9 Å². The van der Waals surface area contributed by atoms with E-state index in [1.807, 2.05) is 35.2 Å². The van der Waals surface area contributed by atoms with Crippen molar-refractivity contribution in [2.75, 3.05) is 18.4 Å². The second kappa shape index (κ2) is 10.8. The van der Waals surface area contributed by atoms with Gasteiger partial charge in [0.1, 0.15) is 5.82 Å². The predicted octanol–water partition coefficient (Wildman–Crippen LogP) is 6.17. The molecule has 1 aliphatic heterocycles. The Morgan fingerprint density at radius 2 is 1.93 bits per heavy atom. The van der Waals surface area contributed by atoms with Crippen LogP contribution in [0.2, 0.25) is 5.02 Å². The highest BCUT2D eigenvalue weighted by atomic mass is 35.5. The molecule has 1 fully saturated rings. The van der Waals surface area contributed by atoms with Gasteiger partial charge >= 0.3 is 6.03 Å². The van der Waals surface area contributed by atoms with Crippen LogP contribution in [-0.2, 0) is 6.54 Å². The van der Waals surface area contributed by atoms with Crippen LogP contribution < -0.4 is 5.32 Å². The van der Waals surface area contributed by atoms with Crippen LogP contribution in [0, 0.1) is 5.82 Å². The van der Waals surface area contributed by atoms with Gasteiger partial charge in [-0.25, -0.2) is 9.18 Å². The van der Waals surface area contributed by atoms with Crippen molar-refractivity contribution in [3.05, 3.63) is 64.9 Å². The molecule has 4 nitrogen and oxygen atoms in total. The quantitative estimate of drug-likeness (QED) is 0.569. The Bertz CT molecular complexity index is 804. The van der Waals surface area contributed by atoms with E-state index in [0.29, 0.717) is 18.3 Å². The largest absolute Gasteiger partial charge is 0.322 e. The van der Waals surface area contributed by atoms with Gasteiger partial charge in [0, 0.05) is 42.4 Å². The van der Waals surface area contributed by atoms with Gasteiger partial charge in [-0.15, -0.1) is 0 Å². The van der Waals surface area contributed by atoms with Crippen molar-refractivity contribution in [3.63, 3.8) is 0 Å². The molecule has 1 unspecified atom stereocenters. The third-order valence-electron chi connectivity index (χ3n) is 5.84. The number of piperidine rings is 1. The van der Waals surface area contributed by atoms with Crippen molar-refractivity contribution >= 4 is 23.3 Å². The van der Waals surface area contributed by atoms with Crippen molar-refractivity contribution in [3.8, 4) is 0 Å². The molecular weight excluding hydrogens is 401 g/mol. The van der Waals surface area contributed by atoms with E-state index >= 15 is 0 Å². The Hall–Kier alpha value is -2.11. The first-order valence-corrected chi connectivity index (χ1v) is 11.2. The molecule has 0 aromatic heterocycles. The summed E-state index contributed by atoms with van der Waals surface area (Å²) in [4.78, 5) is 17.6. The lowest BCUT2D eigenvalue weighted by molar-refractivity contribution is 0.0989. The van der Waals surface area contributed by atoms with Crippen molar-refractivity contribution in [2.24, 2.45) is 0 Å². The van der Waals surface area contributed by atoms with Crippen LogP contribution >= 0.6 is 11.6 Å². The molecule has 0 spiro atoms. The molecule has 1 atom stereocenters. The van der Waals surface area contributed by atoms with E-state index in [4.69, 9.17) is 11.6 Å². The van der Waals surface area contributed by atoms with Gasteiger partial charge < -0.3 is 15.1 Å². The summed E-state index contributed by atoms with van der Waals surface area (Å²) in [6.45, 7) is 6.98. The minimum Gasteiger partial charge on any atom is -0.317 e. The minimum atomic E-state index is -0.467. The lowest BCUT2D eigenvalue weighted by Gasteiger charge is -2.40. The number of hydrogen-bond donors (Lipinski definition) is 1. The molecule has 3 rings (SSSR count). The number of likely N-dealkylation sites (tertiary alicyclic amines) is 1. The number of rotatable bonds is 7. The van der Waals surface area contributed by atoms with Gasteiger partial charge in [0.2, 0.25) is 0 Å². The summed E-state index contributed by atoms with van der Waals surface area (Å²) in [5.41, 5.74) is 1.45. The number of nitrogens with zero attached hydrogens (tertiary/aromatic N) is 2. The van der Waals surface area contributed by atoms with Crippen LogP contribution in [0.25, 0.3) is 0 Å². The zero-order chi connectivity index (χ0) is 21.5. The van der Waals surface area contributed by atoms with Gasteiger partial charge in [-0.2, -0.15) is 0 Å². The van der Waals surface area contributed by atoms with Crippen LogP contribution in [-0.4, -0.2) is 41.0 Å². The van der Waals surface area contributed by atoms with E-state index in [1.54, 1.807) is 6.07 Å². The number of nitrogens with one attached hydrogen (secondary N) is 1. The standard InChI is InChI=1S/C24H31ClFN3O/c1-3-7-18(2)28-12-10-23(11-13-28)29(17-19-8-5-4-6-9-19)24(30)27-22-15-20(25)14-21(26)16-22/h4-6,8-9,14-16,18,23H,3,7,10-13,17H2,1-2H3,(H,27,30). The molecule has 2 aromatic carbocycles. The molecule has 6 heteroatoms. The molecule has 0 saturated carbocycles. The molecule has 1 heterocycles. The zero-order valence-corrected chi connectivity index (χ0v) is 18.5. The lowest BCUT2D eigenvalue weighted by atomic mass is 10.00. The second-order valence-electron chi connectivity index (χ2n) is 8.11. The maximum absolute atomic E-state index is 13.7. The van der Waals surface area contributed by atoms with Gasteiger partial charge in [0.25, 0.3) is 0 Å². The summed E-state index contributed by atoms with van der Waals surface area (Å²) >= 11 is 5.95. The Labute approximate surface area is 184 Å². The van der Waals surface area contributed by atoms with Crippen molar-refractivity contribution in [1.29, 1.82) is 0 Å². The monoisotopic (exact) mass is 431 g/mol. The third kappa shape index (κ3) is 6.19. The van der Waals surface area contributed by atoms with Gasteiger partial charge in [-0.3, -0.25) is 0 Å². The van der Waals surface area contributed by atoms with Crippen LogP contribution in [0.15, 0.2) is 48.5 Å². The smallest absolute Gasteiger partial charge is 0.317 e. The molecule has 1 saturated heterocycles. The highest BCUT2D eigenvalue weighted by Crippen LogP contribution is 2.24. The summed E-state index contributed by atoms with van der Waals surface area (Å²) in [7, 11) is 0. The van der Waals surface area contributed by atoms with Crippen LogP contribution in [0.4, 0.5) is 14.9 Å². The first kappa shape index (κ1) is 22.6. The summed E-state index contributed by atoms with van der Waals surface area (Å²) in [5.74, 6) is -0.467. The molecular formula is C24H31ClFN3O. The summed E-state index contributed by atoms with van der Waals surface area (Å²) < 4.78 is 13.7. The summed E-state index contributed by atoms with van der Waals surface area (Å²) in [6.07, 6.45) is 4.23. The Morgan fingerprint density at radius 3 is 2.57 bits per heavy atom. The fraction of sp³-hybridized carbons (Fsp3) is 0.458. The predicted molar refractivity (Wildman–Crippen MR) is 121 cm³/mol. The highest BCUT2D eigenvalue weighted by molar-refractivity contribution is 6.30. The van der Waals surface area contributed by atoms with Crippen molar-refractivity contribution < 1.29 is 9.18 Å². The SMILES string of the molecule is CCCC(C)N1CCC(N(Cc2ccccc2)C(=O)Nc2cc(F)cc(Cl)c2)CC1. The Kier molecular flexibility index (Phi) is 8.11. The average Bonchev–Trinajstić information content (AvgIpc) is 2.72. The van der Waals surface area contributed by atoms with E-state index in [2.05, 4.69) is 24.1 Å². The van der Waals surface area contributed by atoms with E-state index in [9.17, 15) is 9.18 Å². The highest BCUT2D eigenvalue weighted by Gasteiger charge is 2.29. The first-order chi connectivity index (χ1) is 14.5. The van der Waals surface area contributed by atoms with Gasteiger partial charge in [0.05, 0.1) is 0 Å². The maximum atomic E-state index is 13.7. The number of carbonyl (C=O) groups is 1. The van der Waals surface area contributed by atoms with Crippen LogP contribution in [0.1, 0.15) is 45.1 Å². The van der Waals surface area contributed by atoms with E-state index in [1.165, 1.54) is 25.0 Å². The molecule has 2 amide bonds. The number of anilines is 1. The zero-order valence-electron chi connectivity index (χ0n) is 17.8. The molecule has 30 heavy (non-hydrogen) atoms. The maximum Gasteiger partial charge on any atom is 0.322 e. The van der Waals surface area contributed by atoms with Crippen molar-refractivity contribution in [2.45, 2.75) is 58.2 Å². The molecule has 2 aromatic rings. The molecule has 162 valence electrons. The normalized spacial score (nSPS) is 16.3. The van der Waals surface area contributed by atoms with Gasteiger partial charge in [0.15, 0.2) is 0 Å². The molecule has 1 aliphatic rings. The third-order valence-corrected chi connectivity index (χ3v) is 6.06. The van der Waals surface area contributed by atoms with Crippen LogP contribution in [0.3, 0.4) is 0 Å². The van der Waals surface area contributed by atoms with E-state index in [0.717, 1.165) is 31.5 Å². The molecule has 0 aliphatic carbocycles. The fourth-order valence-electron chi connectivity index (χ4n) is 4.21. The number of halogens is 2. The average molecular weight is 432 g/mol. The minimum absolute atomic E-state index is 0.138. The number of benzene rings is 2. The molecule has 1 N–H and O–H groups in total. The summed E-state index contributed by atoms with van der Waals surface area (Å²) in [6, 6.07) is 14.6. The fourth-order valence-corrected chi connectivity index (χ4v) is 4.43. The number of amides is 2. The Balaban J connectivity index is 1.73. The van der Waals surface area contributed by atoms with E-state index in [-0.39, 0.29) is 17.1 Å². The first-order valence-electron chi connectivity index (χ1n) is 10.8. The number of carbonyl (C=O) groups excluding carboxylic acids is 1.